The van der Waals surface area contributed by atoms with E-state index in [-0.39, 0.29) is 18.0 Å². The van der Waals surface area contributed by atoms with Crippen molar-refractivity contribution < 1.29 is 4.79 Å². The Morgan fingerprint density at radius 1 is 1.50 bits per heavy atom. The quantitative estimate of drug-likeness (QED) is 0.862. The summed E-state index contributed by atoms with van der Waals surface area (Å²) in [5.74, 6) is 0.229. The Bertz CT molecular complexity index is 393. The maximum Gasteiger partial charge on any atom is 0.240 e. The van der Waals surface area contributed by atoms with Crippen LogP contribution in [0.3, 0.4) is 0 Å². The highest BCUT2D eigenvalue weighted by Crippen LogP contribution is 2.25. The minimum Gasteiger partial charge on any atom is -0.335 e. The lowest BCUT2D eigenvalue weighted by atomic mass is 10.1. The topological polar surface area (TPSA) is 45.2 Å². The summed E-state index contributed by atoms with van der Waals surface area (Å²) in [7, 11) is 0. The molecule has 1 aromatic heterocycles. The van der Waals surface area contributed by atoms with Crippen molar-refractivity contribution in [3.05, 3.63) is 30.1 Å². The summed E-state index contributed by atoms with van der Waals surface area (Å²) in [6.45, 7) is 5.94. The van der Waals surface area contributed by atoms with Gasteiger partial charge in [-0.1, -0.05) is 6.92 Å². The van der Waals surface area contributed by atoms with Crippen LogP contribution in [0.25, 0.3) is 0 Å². The van der Waals surface area contributed by atoms with Crippen molar-refractivity contribution >= 4 is 5.91 Å². The van der Waals surface area contributed by atoms with Crippen LogP contribution >= 0.6 is 0 Å². The van der Waals surface area contributed by atoms with Crippen molar-refractivity contribution in [3.8, 4) is 0 Å². The molecular weight excluding hydrogens is 226 g/mol. The molecule has 2 heterocycles. The average molecular weight is 247 g/mol. The number of nitrogens with zero attached hydrogens (tertiary/aromatic N) is 2. The van der Waals surface area contributed by atoms with Crippen LogP contribution in [0.15, 0.2) is 24.5 Å². The van der Waals surface area contributed by atoms with Crippen LogP contribution in [-0.2, 0) is 4.79 Å². The molecule has 1 aromatic rings. The van der Waals surface area contributed by atoms with Crippen LogP contribution < -0.4 is 5.32 Å². The summed E-state index contributed by atoms with van der Waals surface area (Å²) in [6, 6.07) is 4.10. The predicted octanol–water partition coefficient (Wildman–Crippen LogP) is 1.74. The highest BCUT2D eigenvalue weighted by Gasteiger charge is 2.34. The van der Waals surface area contributed by atoms with E-state index in [4.69, 9.17) is 0 Å². The first kappa shape index (κ1) is 13.0. The number of rotatable bonds is 5. The lowest BCUT2D eigenvalue weighted by molar-refractivity contribution is -0.131. The fraction of sp³-hybridized carbons (Fsp3) is 0.571. The molecule has 0 bridgehead atoms. The fourth-order valence-corrected chi connectivity index (χ4v) is 2.42. The van der Waals surface area contributed by atoms with Crippen LogP contribution in [0.5, 0.6) is 0 Å². The van der Waals surface area contributed by atoms with Gasteiger partial charge in [-0.15, -0.1) is 0 Å². The van der Waals surface area contributed by atoms with Gasteiger partial charge >= 0.3 is 0 Å². The lowest BCUT2D eigenvalue weighted by Gasteiger charge is -2.25. The van der Waals surface area contributed by atoms with Gasteiger partial charge in [-0.25, -0.2) is 0 Å². The van der Waals surface area contributed by atoms with Crippen LogP contribution in [0.4, 0.5) is 0 Å². The van der Waals surface area contributed by atoms with Crippen LogP contribution in [0.2, 0.25) is 0 Å². The second-order valence-corrected chi connectivity index (χ2v) is 4.78. The summed E-state index contributed by atoms with van der Waals surface area (Å²) in [4.78, 5) is 18.2. The van der Waals surface area contributed by atoms with E-state index in [2.05, 4.69) is 24.1 Å². The number of carbonyl (C=O) groups excluding carboxylic acids is 1. The maximum absolute atomic E-state index is 12.3. The van der Waals surface area contributed by atoms with Gasteiger partial charge in [0, 0.05) is 18.9 Å². The minimum atomic E-state index is 0.00855. The molecule has 2 rings (SSSR count). The third-order valence-electron chi connectivity index (χ3n) is 3.54. The number of nitrogens with one attached hydrogen (secondary N) is 1. The maximum atomic E-state index is 12.3. The first-order valence-electron chi connectivity index (χ1n) is 6.67. The van der Waals surface area contributed by atoms with Gasteiger partial charge < -0.3 is 10.2 Å². The predicted molar refractivity (Wildman–Crippen MR) is 71.1 cm³/mol. The smallest absolute Gasteiger partial charge is 0.240 e. The Morgan fingerprint density at radius 3 is 2.89 bits per heavy atom. The van der Waals surface area contributed by atoms with E-state index < -0.39 is 0 Å². The molecule has 1 aliphatic rings. The summed E-state index contributed by atoms with van der Waals surface area (Å²) in [6.07, 6.45) is 5.52. The molecule has 4 heteroatoms. The zero-order chi connectivity index (χ0) is 13.0. The van der Waals surface area contributed by atoms with Crippen molar-refractivity contribution in [1.29, 1.82) is 0 Å². The third-order valence-corrected chi connectivity index (χ3v) is 3.54. The summed E-state index contributed by atoms with van der Waals surface area (Å²) < 4.78 is 0. The number of hydrogen-bond acceptors (Lipinski definition) is 3. The summed E-state index contributed by atoms with van der Waals surface area (Å²) in [5, 5.41) is 3.31. The first-order valence-corrected chi connectivity index (χ1v) is 6.67. The summed E-state index contributed by atoms with van der Waals surface area (Å²) in [5.41, 5.74) is 1.15. The Balaban J connectivity index is 2.00. The first-order chi connectivity index (χ1) is 8.74. The van der Waals surface area contributed by atoms with Crippen LogP contribution in [-0.4, -0.2) is 34.9 Å². The van der Waals surface area contributed by atoms with E-state index in [9.17, 15) is 4.79 Å². The standard InChI is InChI=1S/C14H21N3O/c1-3-7-16-13-6-10-17(14(13)18)11(2)12-4-8-15-9-5-12/h4-5,8-9,11,13,16H,3,6-7,10H2,1-2H3. The van der Waals surface area contributed by atoms with E-state index in [1.165, 1.54) is 0 Å². The van der Waals surface area contributed by atoms with Gasteiger partial charge in [-0.3, -0.25) is 9.78 Å². The molecule has 1 N–H and O–H groups in total. The van der Waals surface area contributed by atoms with E-state index >= 15 is 0 Å². The molecule has 1 saturated heterocycles. The van der Waals surface area contributed by atoms with Crippen LogP contribution in [0.1, 0.15) is 38.3 Å². The van der Waals surface area contributed by atoms with Crippen molar-refractivity contribution in [1.82, 2.24) is 15.2 Å². The minimum absolute atomic E-state index is 0.00855. The Labute approximate surface area is 108 Å². The van der Waals surface area contributed by atoms with Gasteiger partial charge in [-0.05, 0) is 44.0 Å². The molecule has 0 aromatic carbocycles. The van der Waals surface area contributed by atoms with E-state index in [1.54, 1.807) is 12.4 Å². The Hall–Kier alpha value is -1.42. The molecule has 0 aliphatic carbocycles. The van der Waals surface area contributed by atoms with Gasteiger partial charge in [0.05, 0.1) is 12.1 Å². The zero-order valence-electron chi connectivity index (χ0n) is 11.1. The molecule has 18 heavy (non-hydrogen) atoms. The van der Waals surface area contributed by atoms with E-state index in [1.807, 2.05) is 17.0 Å². The van der Waals surface area contributed by atoms with Crippen molar-refractivity contribution in [2.24, 2.45) is 0 Å². The highest BCUT2D eigenvalue weighted by atomic mass is 16.2. The molecule has 0 spiro atoms. The van der Waals surface area contributed by atoms with Gasteiger partial charge in [0.2, 0.25) is 5.91 Å². The van der Waals surface area contributed by atoms with Gasteiger partial charge in [0.25, 0.3) is 0 Å². The average Bonchev–Trinajstić information content (AvgIpc) is 2.78. The highest BCUT2D eigenvalue weighted by molar-refractivity contribution is 5.84. The monoisotopic (exact) mass is 247 g/mol. The number of aromatic nitrogens is 1. The fourth-order valence-electron chi connectivity index (χ4n) is 2.42. The normalized spacial score (nSPS) is 21.3. The van der Waals surface area contributed by atoms with E-state index in [0.29, 0.717) is 0 Å². The molecule has 4 nitrogen and oxygen atoms in total. The molecule has 1 aliphatic heterocycles. The molecule has 2 atom stereocenters. The Kier molecular flexibility index (Phi) is 4.31. The second kappa shape index (κ2) is 5.96. The molecule has 0 saturated carbocycles. The lowest BCUT2D eigenvalue weighted by Crippen LogP contribution is -2.39. The SMILES string of the molecule is CCCNC1CCN(C(C)c2ccncc2)C1=O. The molecule has 0 radical (unpaired) electrons. The van der Waals surface area contributed by atoms with Crippen LogP contribution in [0, 0.1) is 0 Å². The van der Waals surface area contributed by atoms with Crippen molar-refractivity contribution in [2.75, 3.05) is 13.1 Å². The number of pyridine rings is 1. The summed E-state index contributed by atoms with van der Waals surface area (Å²) >= 11 is 0. The molecule has 2 unspecified atom stereocenters. The second-order valence-electron chi connectivity index (χ2n) is 4.78. The molecule has 98 valence electrons. The number of carbonyl (C=O) groups is 1. The Morgan fingerprint density at radius 2 is 2.22 bits per heavy atom. The van der Waals surface area contributed by atoms with Crippen molar-refractivity contribution in [2.45, 2.75) is 38.8 Å². The number of amides is 1. The largest absolute Gasteiger partial charge is 0.335 e. The van der Waals surface area contributed by atoms with Gasteiger partial charge in [-0.2, -0.15) is 0 Å². The zero-order valence-corrected chi connectivity index (χ0v) is 11.1. The van der Waals surface area contributed by atoms with Crippen molar-refractivity contribution in [3.63, 3.8) is 0 Å². The number of hydrogen-bond donors (Lipinski definition) is 1. The van der Waals surface area contributed by atoms with E-state index in [0.717, 1.165) is 31.5 Å². The van der Waals surface area contributed by atoms with Gasteiger partial charge in [0.15, 0.2) is 0 Å². The molecule has 1 amide bonds. The third kappa shape index (κ3) is 2.70. The number of likely N-dealkylation sites (tertiary alicyclic amines) is 1. The van der Waals surface area contributed by atoms with Gasteiger partial charge in [0.1, 0.15) is 0 Å². The molecule has 1 fully saturated rings. The molecular formula is C14H21N3O.